The second-order valence-electron chi connectivity index (χ2n) is 6.29. The molecule has 0 bridgehead atoms. The van der Waals surface area contributed by atoms with E-state index in [2.05, 4.69) is 24.1 Å². The predicted octanol–water partition coefficient (Wildman–Crippen LogP) is 2.41. The summed E-state index contributed by atoms with van der Waals surface area (Å²) >= 11 is 0. The largest absolute Gasteiger partial charge is 0.352 e. The summed E-state index contributed by atoms with van der Waals surface area (Å²) in [4.78, 5) is 13.9. The number of likely N-dealkylation sites (tertiary alicyclic amines) is 1. The van der Waals surface area contributed by atoms with Crippen molar-refractivity contribution in [2.45, 2.75) is 65.0 Å². The third kappa shape index (κ3) is 3.25. The Kier molecular flexibility index (Phi) is 4.66. The van der Waals surface area contributed by atoms with E-state index in [0.717, 1.165) is 24.8 Å². The predicted molar refractivity (Wildman–Crippen MR) is 74.4 cm³/mol. The molecule has 2 rings (SSSR count). The van der Waals surface area contributed by atoms with Crippen LogP contribution in [0.2, 0.25) is 0 Å². The minimum Gasteiger partial charge on any atom is -0.352 e. The lowest BCUT2D eigenvalue weighted by atomic mass is 9.78. The molecule has 3 nitrogen and oxygen atoms in total. The molecule has 0 spiro atoms. The van der Waals surface area contributed by atoms with E-state index < -0.39 is 0 Å². The van der Waals surface area contributed by atoms with Gasteiger partial charge in [-0.2, -0.15) is 0 Å². The lowest BCUT2D eigenvalue weighted by Gasteiger charge is -2.45. The zero-order chi connectivity index (χ0) is 13.1. The Labute approximate surface area is 111 Å². The highest BCUT2D eigenvalue weighted by Gasteiger charge is 2.34. The number of carbonyl (C=O) groups excluding carboxylic acids is 1. The lowest BCUT2D eigenvalue weighted by molar-refractivity contribution is -0.120. The van der Waals surface area contributed by atoms with Gasteiger partial charge >= 0.3 is 0 Å². The molecule has 0 aromatic heterocycles. The van der Waals surface area contributed by atoms with E-state index in [0.29, 0.717) is 12.1 Å². The van der Waals surface area contributed by atoms with Gasteiger partial charge in [-0.05, 0) is 38.0 Å². The van der Waals surface area contributed by atoms with Crippen LogP contribution in [0.1, 0.15) is 52.9 Å². The molecule has 0 aromatic rings. The van der Waals surface area contributed by atoms with Gasteiger partial charge in [-0.1, -0.05) is 19.8 Å². The van der Waals surface area contributed by atoms with Crippen molar-refractivity contribution in [3.05, 3.63) is 0 Å². The molecule has 1 amide bonds. The molecule has 1 saturated carbocycles. The van der Waals surface area contributed by atoms with Crippen LogP contribution in [0.4, 0.5) is 0 Å². The highest BCUT2D eigenvalue weighted by atomic mass is 16.1. The fraction of sp³-hybridized carbons (Fsp3) is 0.933. The Morgan fingerprint density at radius 1 is 1.39 bits per heavy atom. The van der Waals surface area contributed by atoms with Crippen LogP contribution in [-0.2, 0) is 4.79 Å². The van der Waals surface area contributed by atoms with Crippen LogP contribution in [0.25, 0.3) is 0 Å². The van der Waals surface area contributed by atoms with Crippen LogP contribution in [0.3, 0.4) is 0 Å². The van der Waals surface area contributed by atoms with Crippen molar-refractivity contribution in [1.29, 1.82) is 0 Å². The molecule has 1 saturated heterocycles. The number of amides is 1. The van der Waals surface area contributed by atoms with Crippen LogP contribution in [0.15, 0.2) is 0 Å². The minimum absolute atomic E-state index is 0.119. The van der Waals surface area contributed by atoms with Crippen molar-refractivity contribution in [1.82, 2.24) is 10.2 Å². The Morgan fingerprint density at radius 2 is 2.11 bits per heavy atom. The molecule has 18 heavy (non-hydrogen) atoms. The average Bonchev–Trinajstić information content (AvgIpc) is 2.25. The van der Waals surface area contributed by atoms with Gasteiger partial charge in [0.15, 0.2) is 0 Å². The van der Waals surface area contributed by atoms with Crippen molar-refractivity contribution in [3.8, 4) is 0 Å². The molecule has 3 atom stereocenters. The summed E-state index contributed by atoms with van der Waals surface area (Å²) in [5.41, 5.74) is 0. The Morgan fingerprint density at radius 3 is 2.61 bits per heavy atom. The fourth-order valence-corrected chi connectivity index (χ4v) is 3.48. The smallest absolute Gasteiger partial charge is 0.217 e. The molecule has 0 aromatic carbocycles. The Hall–Kier alpha value is -0.570. The van der Waals surface area contributed by atoms with Gasteiger partial charge in [0.05, 0.1) is 0 Å². The maximum absolute atomic E-state index is 11.3. The molecule has 3 heteroatoms. The van der Waals surface area contributed by atoms with Crippen LogP contribution in [0.5, 0.6) is 0 Å². The molecular weight excluding hydrogens is 224 g/mol. The molecule has 1 aliphatic heterocycles. The Balaban J connectivity index is 1.93. The molecule has 1 heterocycles. The highest BCUT2D eigenvalue weighted by Crippen LogP contribution is 2.34. The van der Waals surface area contributed by atoms with E-state index >= 15 is 0 Å². The van der Waals surface area contributed by atoms with Crippen LogP contribution >= 0.6 is 0 Å². The maximum atomic E-state index is 11.3. The summed E-state index contributed by atoms with van der Waals surface area (Å²) in [5, 5.41) is 3.13. The summed E-state index contributed by atoms with van der Waals surface area (Å²) < 4.78 is 0. The number of nitrogens with zero attached hydrogens (tertiary/aromatic N) is 1. The quantitative estimate of drug-likeness (QED) is 0.833. The monoisotopic (exact) mass is 252 g/mol. The van der Waals surface area contributed by atoms with E-state index in [1.807, 2.05) is 0 Å². The van der Waals surface area contributed by atoms with Gasteiger partial charge in [-0.3, -0.25) is 9.69 Å². The van der Waals surface area contributed by atoms with Gasteiger partial charge in [0.2, 0.25) is 5.91 Å². The molecule has 3 unspecified atom stereocenters. The van der Waals surface area contributed by atoms with Gasteiger partial charge in [0, 0.05) is 32.1 Å². The first kappa shape index (κ1) is 13.9. The van der Waals surface area contributed by atoms with E-state index in [1.165, 1.54) is 32.2 Å². The standard InChI is InChI=1S/C15H28N2O/c1-4-13-8-15(16-12(3)18)10-17(9-13)11(2)14-6-5-7-14/h11,13-15H,4-10H2,1-3H3,(H,16,18). The van der Waals surface area contributed by atoms with Gasteiger partial charge in [0.25, 0.3) is 0 Å². The van der Waals surface area contributed by atoms with Crippen LogP contribution < -0.4 is 5.32 Å². The summed E-state index contributed by atoms with van der Waals surface area (Å²) in [6.45, 7) is 8.56. The summed E-state index contributed by atoms with van der Waals surface area (Å²) in [7, 11) is 0. The molecule has 1 N–H and O–H groups in total. The van der Waals surface area contributed by atoms with E-state index in [1.54, 1.807) is 6.92 Å². The number of hydrogen-bond donors (Lipinski definition) is 1. The number of piperidine rings is 1. The highest BCUT2D eigenvalue weighted by molar-refractivity contribution is 5.73. The van der Waals surface area contributed by atoms with Crippen LogP contribution in [0, 0.1) is 11.8 Å². The molecular formula is C15H28N2O. The van der Waals surface area contributed by atoms with Crippen LogP contribution in [-0.4, -0.2) is 36.0 Å². The topological polar surface area (TPSA) is 32.3 Å². The SMILES string of the molecule is CCC1CC(NC(C)=O)CN(C(C)C2CCC2)C1. The zero-order valence-electron chi connectivity index (χ0n) is 12.1. The zero-order valence-corrected chi connectivity index (χ0v) is 12.1. The maximum Gasteiger partial charge on any atom is 0.217 e. The molecule has 104 valence electrons. The number of rotatable bonds is 4. The molecule has 2 aliphatic rings. The fourth-order valence-electron chi connectivity index (χ4n) is 3.48. The Bertz CT molecular complexity index is 288. The van der Waals surface area contributed by atoms with Gasteiger partial charge < -0.3 is 5.32 Å². The first-order valence-electron chi connectivity index (χ1n) is 7.61. The first-order valence-corrected chi connectivity index (χ1v) is 7.61. The summed E-state index contributed by atoms with van der Waals surface area (Å²) in [5.74, 6) is 1.77. The van der Waals surface area contributed by atoms with Gasteiger partial charge in [-0.25, -0.2) is 0 Å². The van der Waals surface area contributed by atoms with Crippen molar-refractivity contribution >= 4 is 5.91 Å². The van der Waals surface area contributed by atoms with E-state index in [-0.39, 0.29) is 5.91 Å². The normalized spacial score (nSPS) is 31.7. The third-order valence-corrected chi connectivity index (χ3v) is 4.96. The number of nitrogens with one attached hydrogen (secondary N) is 1. The van der Waals surface area contributed by atoms with E-state index in [4.69, 9.17) is 0 Å². The van der Waals surface area contributed by atoms with Crippen molar-refractivity contribution in [2.75, 3.05) is 13.1 Å². The van der Waals surface area contributed by atoms with Gasteiger partial charge in [0.1, 0.15) is 0 Å². The van der Waals surface area contributed by atoms with E-state index in [9.17, 15) is 4.79 Å². The van der Waals surface area contributed by atoms with Crippen molar-refractivity contribution in [2.24, 2.45) is 11.8 Å². The number of carbonyl (C=O) groups is 1. The second-order valence-corrected chi connectivity index (χ2v) is 6.29. The third-order valence-electron chi connectivity index (χ3n) is 4.96. The van der Waals surface area contributed by atoms with Gasteiger partial charge in [-0.15, -0.1) is 0 Å². The van der Waals surface area contributed by atoms with Crippen molar-refractivity contribution in [3.63, 3.8) is 0 Å². The van der Waals surface area contributed by atoms with Crippen molar-refractivity contribution < 1.29 is 4.79 Å². The molecule has 2 fully saturated rings. The summed E-state index contributed by atoms with van der Waals surface area (Å²) in [6.07, 6.45) is 6.60. The molecule has 1 aliphatic carbocycles. The first-order chi connectivity index (χ1) is 8.60. The summed E-state index contributed by atoms with van der Waals surface area (Å²) in [6, 6.07) is 1.06. The average molecular weight is 252 g/mol. The minimum atomic E-state index is 0.119. The second kappa shape index (κ2) is 6.05. The molecule has 0 radical (unpaired) electrons. The number of hydrogen-bond acceptors (Lipinski definition) is 2. The lowest BCUT2D eigenvalue weighted by Crippen LogP contribution is -2.54.